The van der Waals surface area contributed by atoms with E-state index < -0.39 is 45.7 Å². The molecule has 0 aliphatic carbocycles. The molecule has 116 valence electrons. The third kappa shape index (κ3) is 4.05. The van der Waals surface area contributed by atoms with E-state index in [0.29, 0.717) is 10.4 Å². The van der Waals surface area contributed by atoms with Gasteiger partial charge in [0.2, 0.25) is 10.0 Å². The van der Waals surface area contributed by atoms with Crippen LogP contribution in [-0.4, -0.2) is 31.8 Å². The molecule has 0 saturated carbocycles. The highest BCUT2D eigenvalue weighted by molar-refractivity contribution is 7.89. The highest BCUT2D eigenvalue weighted by atomic mass is 32.2. The number of carboxylic acids is 1. The van der Waals surface area contributed by atoms with Gasteiger partial charge < -0.3 is 9.90 Å². The van der Waals surface area contributed by atoms with Gasteiger partial charge in [0.15, 0.2) is 0 Å². The molecule has 1 aromatic carbocycles. The molecule has 0 spiro atoms. The Kier molecular flexibility index (Phi) is 5.13. The minimum atomic E-state index is -4.88. The first-order valence-electron chi connectivity index (χ1n) is 5.58. The van der Waals surface area contributed by atoms with E-state index in [2.05, 4.69) is 6.58 Å². The Labute approximate surface area is 119 Å². The predicted molar refractivity (Wildman–Crippen MR) is 65.4 cm³/mol. The fraction of sp³-hybridized carbons (Fsp3) is 0.250. The van der Waals surface area contributed by atoms with Gasteiger partial charge in [0, 0.05) is 6.54 Å². The Morgan fingerprint density at radius 1 is 1.33 bits per heavy atom. The van der Waals surface area contributed by atoms with Crippen LogP contribution in [0.4, 0.5) is 13.2 Å². The molecule has 0 bridgehead atoms. The molecular formula is C12H11F3NO4S-. The van der Waals surface area contributed by atoms with Crippen LogP contribution in [0.5, 0.6) is 0 Å². The van der Waals surface area contributed by atoms with E-state index in [0.717, 1.165) is 24.3 Å². The number of sulfonamides is 1. The normalized spacial score (nSPS) is 12.4. The summed E-state index contributed by atoms with van der Waals surface area (Å²) in [5.41, 5.74) is -1.36. The van der Waals surface area contributed by atoms with Crippen LogP contribution in [0.25, 0.3) is 0 Å². The van der Waals surface area contributed by atoms with Crippen molar-refractivity contribution in [1.82, 2.24) is 4.31 Å². The number of carbonyl (C=O) groups is 1. The Morgan fingerprint density at radius 2 is 1.90 bits per heavy atom. The topological polar surface area (TPSA) is 77.5 Å². The number of nitrogens with zero attached hydrogens (tertiary/aromatic N) is 1. The first-order chi connectivity index (χ1) is 9.60. The highest BCUT2D eigenvalue weighted by Gasteiger charge is 2.38. The van der Waals surface area contributed by atoms with Gasteiger partial charge in [-0.2, -0.15) is 17.5 Å². The van der Waals surface area contributed by atoms with Gasteiger partial charge in [0.05, 0.1) is 23.0 Å². The van der Waals surface area contributed by atoms with Gasteiger partial charge in [0.1, 0.15) is 0 Å². The van der Waals surface area contributed by atoms with Crippen molar-refractivity contribution in [2.45, 2.75) is 11.1 Å². The zero-order chi connectivity index (χ0) is 16.3. The summed E-state index contributed by atoms with van der Waals surface area (Å²) in [5, 5.41) is 10.6. The summed E-state index contributed by atoms with van der Waals surface area (Å²) in [6, 6.07) is 3.53. The number of carboxylic acid groups (broad SMARTS) is 1. The molecule has 0 N–H and O–H groups in total. The molecule has 0 fully saturated rings. The van der Waals surface area contributed by atoms with Gasteiger partial charge in [-0.3, -0.25) is 0 Å². The molecule has 21 heavy (non-hydrogen) atoms. The van der Waals surface area contributed by atoms with Gasteiger partial charge in [-0.1, -0.05) is 18.2 Å². The average molecular weight is 322 g/mol. The number of aliphatic carboxylic acids is 1. The molecule has 9 heteroatoms. The molecule has 0 amide bonds. The van der Waals surface area contributed by atoms with E-state index >= 15 is 0 Å². The fourth-order valence-electron chi connectivity index (χ4n) is 1.60. The minimum absolute atomic E-state index is 0.347. The lowest BCUT2D eigenvalue weighted by Crippen LogP contribution is -2.42. The largest absolute Gasteiger partial charge is 0.549 e. The van der Waals surface area contributed by atoms with Crippen LogP contribution in [0.1, 0.15) is 5.56 Å². The number of carbonyl (C=O) groups excluding carboxylic acids is 1. The van der Waals surface area contributed by atoms with Crippen LogP contribution in [0.15, 0.2) is 41.8 Å². The van der Waals surface area contributed by atoms with Crippen LogP contribution in [0.2, 0.25) is 0 Å². The second-order valence-electron chi connectivity index (χ2n) is 3.95. The van der Waals surface area contributed by atoms with Crippen LogP contribution in [0, 0.1) is 0 Å². The maximum Gasteiger partial charge on any atom is 0.417 e. The summed E-state index contributed by atoms with van der Waals surface area (Å²) in [5.74, 6) is -1.73. The first-order valence-corrected chi connectivity index (χ1v) is 7.02. The van der Waals surface area contributed by atoms with Crippen molar-refractivity contribution in [2.75, 3.05) is 13.1 Å². The molecule has 0 radical (unpaired) electrons. The number of halogens is 3. The second-order valence-corrected chi connectivity index (χ2v) is 5.86. The molecule has 1 aromatic rings. The standard InChI is InChI=1S/C12H12F3NO4S/c1-2-7-16(8-11(17)18)21(19,20)10-6-4-3-5-9(10)12(13,14)15/h2-6H,1,7-8H2,(H,17,18)/p-1. The lowest BCUT2D eigenvalue weighted by atomic mass is 10.2. The number of benzene rings is 1. The Bertz CT molecular complexity index is 640. The van der Waals surface area contributed by atoms with Crippen LogP contribution < -0.4 is 5.11 Å². The third-order valence-corrected chi connectivity index (χ3v) is 4.32. The Balaban J connectivity index is 3.42. The van der Waals surface area contributed by atoms with E-state index in [1.807, 2.05) is 0 Å². The summed E-state index contributed by atoms with van der Waals surface area (Å²) in [4.78, 5) is 9.56. The van der Waals surface area contributed by atoms with Crippen molar-refractivity contribution in [3.8, 4) is 0 Å². The number of rotatable bonds is 6. The van der Waals surface area contributed by atoms with Gasteiger partial charge in [0.25, 0.3) is 0 Å². The average Bonchev–Trinajstić information content (AvgIpc) is 2.36. The van der Waals surface area contributed by atoms with Crippen molar-refractivity contribution in [3.63, 3.8) is 0 Å². The predicted octanol–water partition coefficient (Wildman–Crippen LogP) is 0.632. The van der Waals surface area contributed by atoms with Crippen LogP contribution in [0.3, 0.4) is 0 Å². The third-order valence-electron chi connectivity index (χ3n) is 2.45. The molecule has 0 heterocycles. The summed E-state index contributed by atoms with van der Waals surface area (Å²) in [7, 11) is -4.65. The fourth-order valence-corrected chi connectivity index (χ4v) is 3.17. The van der Waals surface area contributed by atoms with E-state index in [1.165, 1.54) is 0 Å². The molecule has 0 saturated heterocycles. The molecule has 0 aromatic heterocycles. The maximum atomic E-state index is 12.9. The highest BCUT2D eigenvalue weighted by Crippen LogP contribution is 2.35. The van der Waals surface area contributed by atoms with Crippen molar-refractivity contribution >= 4 is 16.0 Å². The maximum absolute atomic E-state index is 12.9. The van der Waals surface area contributed by atoms with Gasteiger partial charge in [-0.15, -0.1) is 6.58 Å². The Hall–Kier alpha value is -1.87. The number of alkyl halides is 3. The quantitative estimate of drug-likeness (QED) is 0.720. The van der Waals surface area contributed by atoms with Gasteiger partial charge in [-0.25, -0.2) is 8.42 Å². The number of hydrogen-bond donors (Lipinski definition) is 0. The van der Waals surface area contributed by atoms with Crippen molar-refractivity contribution in [1.29, 1.82) is 0 Å². The van der Waals surface area contributed by atoms with Crippen molar-refractivity contribution in [3.05, 3.63) is 42.5 Å². The zero-order valence-electron chi connectivity index (χ0n) is 10.6. The van der Waals surface area contributed by atoms with Gasteiger partial charge in [-0.05, 0) is 12.1 Å². The van der Waals surface area contributed by atoms with E-state index in [1.54, 1.807) is 0 Å². The minimum Gasteiger partial charge on any atom is -0.549 e. The summed E-state index contributed by atoms with van der Waals surface area (Å²) in [6.45, 7) is 1.72. The smallest absolute Gasteiger partial charge is 0.417 e. The molecule has 0 unspecified atom stereocenters. The molecule has 5 nitrogen and oxygen atoms in total. The Morgan fingerprint density at radius 3 is 2.38 bits per heavy atom. The van der Waals surface area contributed by atoms with Crippen molar-refractivity contribution < 1.29 is 31.5 Å². The molecule has 0 aliphatic rings. The van der Waals surface area contributed by atoms with Crippen molar-refractivity contribution in [2.24, 2.45) is 0 Å². The molecular weight excluding hydrogens is 311 g/mol. The summed E-state index contributed by atoms with van der Waals surface area (Å²) >= 11 is 0. The van der Waals surface area contributed by atoms with Gasteiger partial charge >= 0.3 is 6.18 Å². The van der Waals surface area contributed by atoms with E-state index in [9.17, 15) is 31.5 Å². The molecule has 1 rings (SSSR count). The second kappa shape index (κ2) is 6.27. The molecule has 0 atom stereocenters. The van der Waals surface area contributed by atoms with E-state index in [4.69, 9.17) is 0 Å². The monoisotopic (exact) mass is 322 g/mol. The SMILES string of the molecule is C=CCN(CC(=O)[O-])S(=O)(=O)c1ccccc1C(F)(F)F. The molecule has 0 aliphatic heterocycles. The zero-order valence-corrected chi connectivity index (χ0v) is 11.4. The summed E-state index contributed by atoms with van der Waals surface area (Å²) < 4.78 is 63.3. The van der Waals surface area contributed by atoms with E-state index in [-0.39, 0.29) is 0 Å². The van der Waals surface area contributed by atoms with Crippen LogP contribution in [-0.2, 0) is 21.0 Å². The summed E-state index contributed by atoms with van der Waals surface area (Å²) in [6.07, 6.45) is -3.82. The van der Waals surface area contributed by atoms with Crippen LogP contribution >= 0.6 is 0 Å². The lowest BCUT2D eigenvalue weighted by Gasteiger charge is -2.23. The lowest BCUT2D eigenvalue weighted by molar-refractivity contribution is -0.305. The number of hydrogen-bond acceptors (Lipinski definition) is 4. The first kappa shape index (κ1) is 17.2.